The summed E-state index contributed by atoms with van der Waals surface area (Å²) in [5.74, 6) is 0.240. The maximum Gasteiger partial charge on any atom is 0.337 e. The van der Waals surface area contributed by atoms with Crippen LogP contribution in [0, 0.1) is 0 Å². The first-order valence-electron chi connectivity index (χ1n) is 7.95. The van der Waals surface area contributed by atoms with Crippen LogP contribution in [0.15, 0.2) is 60.8 Å². The third-order valence-corrected chi connectivity index (χ3v) is 4.29. The van der Waals surface area contributed by atoms with Crippen LogP contribution < -0.4 is 5.32 Å². The van der Waals surface area contributed by atoms with Gasteiger partial charge in [0.2, 0.25) is 0 Å². The van der Waals surface area contributed by atoms with Crippen molar-refractivity contribution < 1.29 is 9.53 Å². The fourth-order valence-corrected chi connectivity index (χ4v) is 3.05. The van der Waals surface area contributed by atoms with E-state index in [1.54, 1.807) is 18.3 Å². The highest BCUT2D eigenvalue weighted by Crippen LogP contribution is 2.30. The lowest BCUT2D eigenvalue weighted by molar-refractivity contribution is 0.0601. The molecule has 5 nitrogen and oxygen atoms in total. The van der Waals surface area contributed by atoms with Crippen molar-refractivity contribution in [3.05, 3.63) is 71.4 Å². The standard InChI is InChI=1S/C20H14ClN3O2/c1-26-20(25)12-7-8-15-17(10-12)24-19(16-6-3-9-22-18(15)16)23-14-5-2-4-13(21)11-14/h2-11H,1H3,(H,23,24). The number of ether oxygens (including phenoxy) is 1. The van der Waals surface area contributed by atoms with Gasteiger partial charge in [0.05, 0.1) is 23.7 Å². The molecule has 128 valence electrons. The molecule has 0 aliphatic carbocycles. The molecule has 2 aromatic heterocycles. The maximum atomic E-state index is 11.8. The van der Waals surface area contributed by atoms with E-state index < -0.39 is 5.97 Å². The maximum absolute atomic E-state index is 11.8. The van der Waals surface area contributed by atoms with E-state index in [2.05, 4.69) is 10.3 Å². The smallest absolute Gasteiger partial charge is 0.337 e. The van der Waals surface area contributed by atoms with Gasteiger partial charge in [-0.1, -0.05) is 17.7 Å². The normalized spacial score (nSPS) is 10.8. The van der Waals surface area contributed by atoms with Crippen LogP contribution in [0.5, 0.6) is 0 Å². The van der Waals surface area contributed by atoms with Crippen LogP contribution in [0.2, 0.25) is 5.02 Å². The molecule has 4 aromatic rings. The summed E-state index contributed by atoms with van der Waals surface area (Å²) in [5.41, 5.74) is 2.72. The Balaban J connectivity index is 1.93. The lowest BCUT2D eigenvalue weighted by Gasteiger charge is -2.12. The van der Waals surface area contributed by atoms with Crippen LogP contribution in [-0.2, 0) is 4.74 Å². The number of benzene rings is 2. The molecule has 0 radical (unpaired) electrons. The first-order chi connectivity index (χ1) is 12.7. The first-order valence-corrected chi connectivity index (χ1v) is 8.33. The first kappa shape index (κ1) is 16.3. The molecule has 0 saturated heterocycles. The second-order valence-corrected chi connectivity index (χ2v) is 6.16. The molecule has 2 aromatic carbocycles. The van der Waals surface area contributed by atoms with Crippen molar-refractivity contribution >= 4 is 50.9 Å². The Morgan fingerprint density at radius 2 is 1.96 bits per heavy atom. The second-order valence-electron chi connectivity index (χ2n) is 5.72. The number of nitrogens with one attached hydrogen (secondary N) is 1. The number of carbonyl (C=O) groups is 1. The number of rotatable bonds is 3. The number of pyridine rings is 2. The van der Waals surface area contributed by atoms with E-state index in [1.807, 2.05) is 42.5 Å². The van der Waals surface area contributed by atoms with Gasteiger partial charge in [-0.2, -0.15) is 0 Å². The summed E-state index contributed by atoms with van der Waals surface area (Å²) < 4.78 is 4.80. The van der Waals surface area contributed by atoms with E-state index in [-0.39, 0.29) is 0 Å². The van der Waals surface area contributed by atoms with Crippen molar-refractivity contribution in [1.29, 1.82) is 0 Å². The minimum absolute atomic E-state index is 0.404. The minimum Gasteiger partial charge on any atom is -0.465 e. The zero-order chi connectivity index (χ0) is 18.1. The summed E-state index contributed by atoms with van der Waals surface area (Å²) in [4.78, 5) is 21.0. The Bertz CT molecular complexity index is 1140. The molecule has 1 N–H and O–H groups in total. The highest BCUT2D eigenvalue weighted by atomic mass is 35.5. The lowest BCUT2D eigenvalue weighted by atomic mass is 10.1. The predicted octanol–water partition coefficient (Wildman–Crippen LogP) is 4.97. The summed E-state index contributed by atoms with van der Waals surface area (Å²) in [5, 5.41) is 5.67. The molecule has 0 unspecified atom stereocenters. The van der Waals surface area contributed by atoms with Crippen molar-refractivity contribution in [2.24, 2.45) is 0 Å². The Hall–Kier alpha value is -3.18. The van der Waals surface area contributed by atoms with Crippen molar-refractivity contribution in [3.63, 3.8) is 0 Å². The van der Waals surface area contributed by atoms with Gasteiger partial charge in [0, 0.05) is 27.7 Å². The summed E-state index contributed by atoms with van der Waals surface area (Å²) in [7, 11) is 1.36. The second kappa shape index (κ2) is 6.61. The molecule has 0 saturated carbocycles. The van der Waals surface area contributed by atoms with Crippen molar-refractivity contribution in [1.82, 2.24) is 9.97 Å². The van der Waals surface area contributed by atoms with Gasteiger partial charge in [-0.05, 0) is 48.5 Å². The zero-order valence-corrected chi connectivity index (χ0v) is 14.6. The van der Waals surface area contributed by atoms with Crippen LogP contribution in [-0.4, -0.2) is 23.0 Å². The molecule has 0 atom stereocenters. The van der Waals surface area contributed by atoms with Crippen LogP contribution >= 0.6 is 11.6 Å². The van der Waals surface area contributed by atoms with Crippen molar-refractivity contribution in [2.45, 2.75) is 0 Å². The molecule has 0 aliphatic heterocycles. The molecular formula is C20H14ClN3O2. The van der Waals surface area contributed by atoms with E-state index in [1.165, 1.54) is 7.11 Å². The number of anilines is 2. The Kier molecular flexibility index (Phi) is 4.14. The molecule has 0 amide bonds. The summed E-state index contributed by atoms with van der Waals surface area (Å²) in [6, 6.07) is 16.5. The third-order valence-electron chi connectivity index (χ3n) is 4.06. The van der Waals surface area contributed by atoms with Crippen LogP contribution in [0.25, 0.3) is 21.8 Å². The molecule has 6 heteroatoms. The molecule has 0 spiro atoms. The molecule has 0 bridgehead atoms. The van der Waals surface area contributed by atoms with Crippen LogP contribution in [0.4, 0.5) is 11.5 Å². The number of aromatic nitrogens is 2. The number of carbonyl (C=O) groups excluding carboxylic acids is 1. The third kappa shape index (κ3) is 2.93. The molecule has 0 aliphatic rings. The zero-order valence-electron chi connectivity index (χ0n) is 13.9. The lowest BCUT2D eigenvalue weighted by Crippen LogP contribution is -2.02. The van der Waals surface area contributed by atoms with Gasteiger partial charge in [0.1, 0.15) is 5.82 Å². The summed E-state index contributed by atoms with van der Waals surface area (Å²) in [6.07, 6.45) is 1.74. The Morgan fingerprint density at radius 3 is 2.77 bits per heavy atom. The highest BCUT2D eigenvalue weighted by Gasteiger charge is 2.13. The van der Waals surface area contributed by atoms with E-state index in [0.29, 0.717) is 21.9 Å². The Morgan fingerprint density at radius 1 is 1.08 bits per heavy atom. The number of methoxy groups -OCH3 is 1. The van der Waals surface area contributed by atoms with E-state index in [9.17, 15) is 4.79 Å². The topological polar surface area (TPSA) is 64.1 Å². The van der Waals surface area contributed by atoms with Crippen LogP contribution in [0.1, 0.15) is 10.4 Å². The number of esters is 1. The number of fused-ring (bicyclic) bond motifs is 3. The fourth-order valence-electron chi connectivity index (χ4n) is 2.86. The molecule has 26 heavy (non-hydrogen) atoms. The number of nitrogens with zero attached hydrogens (tertiary/aromatic N) is 2. The quantitative estimate of drug-likeness (QED) is 0.411. The summed E-state index contributed by atoms with van der Waals surface area (Å²) in [6.45, 7) is 0. The minimum atomic E-state index is -0.404. The molecule has 2 heterocycles. The number of hydrogen-bond acceptors (Lipinski definition) is 5. The largest absolute Gasteiger partial charge is 0.465 e. The van der Waals surface area contributed by atoms with Gasteiger partial charge >= 0.3 is 5.97 Å². The van der Waals surface area contributed by atoms with E-state index in [0.717, 1.165) is 22.0 Å². The van der Waals surface area contributed by atoms with Gasteiger partial charge < -0.3 is 10.1 Å². The van der Waals surface area contributed by atoms with Gasteiger partial charge in [-0.15, -0.1) is 0 Å². The average Bonchev–Trinajstić information content (AvgIpc) is 2.67. The van der Waals surface area contributed by atoms with Gasteiger partial charge in [-0.3, -0.25) is 4.98 Å². The van der Waals surface area contributed by atoms with Crippen LogP contribution in [0.3, 0.4) is 0 Å². The molecule has 4 rings (SSSR count). The monoisotopic (exact) mass is 363 g/mol. The SMILES string of the molecule is COC(=O)c1ccc2c(c1)nc(Nc1cccc(Cl)c1)c1cccnc12. The predicted molar refractivity (Wildman–Crippen MR) is 103 cm³/mol. The fraction of sp³-hybridized carbons (Fsp3) is 0.0500. The highest BCUT2D eigenvalue weighted by molar-refractivity contribution is 6.30. The number of hydrogen-bond donors (Lipinski definition) is 1. The Labute approximate surface area is 154 Å². The van der Waals surface area contributed by atoms with E-state index in [4.69, 9.17) is 21.3 Å². The van der Waals surface area contributed by atoms with E-state index >= 15 is 0 Å². The molecular weight excluding hydrogens is 350 g/mol. The number of halogens is 1. The van der Waals surface area contributed by atoms with Gasteiger partial charge in [0.25, 0.3) is 0 Å². The van der Waals surface area contributed by atoms with Gasteiger partial charge in [0.15, 0.2) is 0 Å². The summed E-state index contributed by atoms with van der Waals surface area (Å²) >= 11 is 6.07. The van der Waals surface area contributed by atoms with Gasteiger partial charge in [-0.25, -0.2) is 9.78 Å². The van der Waals surface area contributed by atoms with Crippen molar-refractivity contribution in [3.8, 4) is 0 Å². The molecule has 0 fully saturated rings. The average molecular weight is 364 g/mol. The van der Waals surface area contributed by atoms with Crippen molar-refractivity contribution in [2.75, 3.05) is 12.4 Å².